The van der Waals surface area contributed by atoms with Crippen molar-refractivity contribution < 1.29 is 17.9 Å². The summed E-state index contributed by atoms with van der Waals surface area (Å²) in [7, 11) is -1.06. The highest BCUT2D eigenvalue weighted by molar-refractivity contribution is 9.10. The van der Waals surface area contributed by atoms with Crippen molar-refractivity contribution in [2.24, 2.45) is 0 Å². The van der Waals surface area contributed by atoms with Crippen LogP contribution in [0.25, 0.3) is 0 Å². The number of methoxy groups -OCH3 is 2. The van der Waals surface area contributed by atoms with E-state index in [1.807, 2.05) is 31.2 Å². The Morgan fingerprint density at radius 1 is 1.11 bits per heavy atom. The molecule has 0 saturated carbocycles. The summed E-state index contributed by atoms with van der Waals surface area (Å²) in [6.45, 7) is 2.54. The SMILES string of the molecule is COc1ccc(OC)c(S(=O)(=O)Nc2nn(Cc3ccc(C)cc3)cc2Br)c1. The molecule has 0 aliphatic rings. The average molecular weight is 466 g/mol. The highest BCUT2D eigenvalue weighted by Gasteiger charge is 2.23. The van der Waals surface area contributed by atoms with E-state index < -0.39 is 10.0 Å². The first kappa shape index (κ1) is 20.2. The molecular weight excluding hydrogens is 446 g/mol. The number of nitrogens with one attached hydrogen (secondary N) is 1. The minimum atomic E-state index is -3.94. The molecule has 0 fully saturated rings. The third kappa shape index (κ3) is 4.48. The molecule has 148 valence electrons. The third-order valence-electron chi connectivity index (χ3n) is 4.07. The van der Waals surface area contributed by atoms with Gasteiger partial charge < -0.3 is 9.47 Å². The summed E-state index contributed by atoms with van der Waals surface area (Å²) in [4.78, 5) is -0.0330. The molecule has 0 saturated heterocycles. The third-order valence-corrected chi connectivity index (χ3v) is 6.01. The van der Waals surface area contributed by atoms with Gasteiger partial charge in [-0.05, 0) is 40.5 Å². The molecule has 0 unspecified atom stereocenters. The second kappa shape index (κ2) is 8.24. The molecule has 0 atom stereocenters. The molecule has 28 heavy (non-hydrogen) atoms. The Morgan fingerprint density at radius 2 is 1.82 bits per heavy atom. The van der Waals surface area contributed by atoms with Crippen molar-refractivity contribution >= 4 is 31.8 Å². The molecule has 1 aromatic heterocycles. The van der Waals surface area contributed by atoms with Gasteiger partial charge in [0.25, 0.3) is 10.0 Å². The Bertz CT molecular complexity index is 1080. The Labute approximate surface area is 172 Å². The summed E-state index contributed by atoms with van der Waals surface area (Å²) in [5, 5.41) is 4.34. The Morgan fingerprint density at radius 3 is 2.46 bits per heavy atom. The monoisotopic (exact) mass is 465 g/mol. The van der Waals surface area contributed by atoms with Crippen molar-refractivity contribution in [3.05, 3.63) is 64.3 Å². The van der Waals surface area contributed by atoms with Crippen LogP contribution in [0.4, 0.5) is 5.82 Å². The van der Waals surface area contributed by atoms with Crippen molar-refractivity contribution in [2.45, 2.75) is 18.4 Å². The number of halogens is 1. The molecule has 3 aromatic rings. The van der Waals surface area contributed by atoms with Gasteiger partial charge in [0.15, 0.2) is 5.82 Å². The lowest BCUT2D eigenvalue weighted by Gasteiger charge is -2.12. The number of aryl methyl sites for hydroxylation is 1. The Kier molecular flexibility index (Phi) is 5.95. The van der Waals surface area contributed by atoms with E-state index in [0.717, 1.165) is 5.56 Å². The number of ether oxygens (including phenoxy) is 2. The summed E-state index contributed by atoms with van der Waals surface area (Å²) in [5.41, 5.74) is 2.23. The van der Waals surface area contributed by atoms with Gasteiger partial charge >= 0.3 is 0 Å². The van der Waals surface area contributed by atoms with Crippen LogP contribution in [0.15, 0.2) is 58.0 Å². The lowest BCUT2D eigenvalue weighted by Crippen LogP contribution is -2.15. The maximum atomic E-state index is 12.9. The smallest absolute Gasteiger partial charge is 0.266 e. The van der Waals surface area contributed by atoms with Gasteiger partial charge in [-0.2, -0.15) is 5.10 Å². The number of anilines is 1. The highest BCUT2D eigenvalue weighted by atomic mass is 79.9. The number of aromatic nitrogens is 2. The fourth-order valence-corrected chi connectivity index (χ4v) is 4.35. The lowest BCUT2D eigenvalue weighted by molar-refractivity contribution is 0.392. The molecule has 0 bridgehead atoms. The second-order valence-electron chi connectivity index (χ2n) is 6.13. The van der Waals surface area contributed by atoms with E-state index >= 15 is 0 Å². The normalized spacial score (nSPS) is 11.3. The van der Waals surface area contributed by atoms with E-state index in [4.69, 9.17) is 9.47 Å². The topological polar surface area (TPSA) is 82.4 Å². The fourth-order valence-electron chi connectivity index (χ4n) is 2.60. The molecule has 0 spiro atoms. The molecular formula is C19H20BrN3O4S. The fraction of sp³-hybridized carbons (Fsp3) is 0.211. The van der Waals surface area contributed by atoms with Gasteiger partial charge in [0.2, 0.25) is 0 Å². The van der Waals surface area contributed by atoms with Crippen LogP contribution in [-0.2, 0) is 16.6 Å². The summed E-state index contributed by atoms with van der Waals surface area (Å²) < 4.78 is 40.8. The van der Waals surface area contributed by atoms with Gasteiger partial charge in [0.05, 0.1) is 25.2 Å². The predicted molar refractivity (Wildman–Crippen MR) is 111 cm³/mol. The molecule has 3 rings (SSSR count). The first-order chi connectivity index (χ1) is 13.3. The van der Waals surface area contributed by atoms with Crippen LogP contribution in [0.3, 0.4) is 0 Å². The number of sulfonamides is 1. The quantitative estimate of drug-likeness (QED) is 0.573. The molecule has 2 aromatic carbocycles. The molecule has 9 heteroatoms. The number of rotatable bonds is 7. The van der Waals surface area contributed by atoms with Gasteiger partial charge in [0.1, 0.15) is 16.4 Å². The maximum Gasteiger partial charge on any atom is 0.266 e. The molecule has 1 N–H and O–H groups in total. The standard InChI is InChI=1S/C19H20BrN3O4S/c1-13-4-6-14(7-5-13)11-23-12-16(20)19(21-23)22-28(24,25)18-10-15(26-2)8-9-17(18)27-3/h4-10,12H,11H2,1-3H3,(H,21,22). The zero-order chi connectivity index (χ0) is 20.3. The summed E-state index contributed by atoms with van der Waals surface area (Å²) in [5.74, 6) is 0.811. The van der Waals surface area contributed by atoms with Crippen molar-refractivity contribution in [2.75, 3.05) is 18.9 Å². The molecule has 0 aliphatic carbocycles. The second-order valence-corrected chi connectivity index (χ2v) is 8.64. The van der Waals surface area contributed by atoms with Crippen molar-refractivity contribution in [1.29, 1.82) is 0 Å². The minimum absolute atomic E-state index is 0.0330. The van der Waals surface area contributed by atoms with E-state index in [-0.39, 0.29) is 16.5 Å². The first-order valence-corrected chi connectivity index (χ1v) is 10.6. The maximum absolute atomic E-state index is 12.9. The number of hydrogen-bond donors (Lipinski definition) is 1. The van der Waals surface area contributed by atoms with Gasteiger partial charge in [0, 0.05) is 12.3 Å². The van der Waals surface area contributed by atoms with Crippen molar-refractivity contribution in [1.82, 2.24) is 9.78 Å². The van der Waals surface area contributed by atoms with Crippen molar-refractivity contribution in [3.8, 4) is 11.5 Å². The summed E-state index contributed by atoms with van der Waals surface area (Å²) >= 11 is 3.36. The number of benzene rings is 2. The van der Waals surface area contributed by atoms with Crippen molar-refractivity contribution in [3.63, 3.8) is 0 Å². The molecule has 0 radical (unpaired) electrons. The van der Waals surface area contributed by atoms with Crippen LogP contribution in [-0.4, -0.2) is 32.4 Å². The van der Waals surface area contributed by atoms with Crippen LogP contribution in [0, 0.1) is 6.92 Å². The number of nitrogens with zero attached hydrogens (tertiary/aromatic N) is 2. The van der Waals surface area contributed by atoms with Crippen LogP contribution in [0.5, 0.6) is 11.5 Å². The molecule has 0 aliphatic heterocycles. The van der Waals surface area contributed by atoms with E-state index in [9.17, 15) is 8.42 Å². The summed E-state index contributed by atoms with van der Waals surface area (Å²) in [6.07, 6.45) is 1.72. The largest absolute Gasteiger partial charge is 0.497 e. The van der Waals surface area contributed by atoms with Gasteiger partial charge in [-0.3, -0.25) is 9.40 Å². The van der Waals surface area contributed by atoms with E-state index in [0.29, 0.717) is 16.8 Å². The Hall–Kier alpha value is -2.52. The van der Waals surface area contributed by atoms with Gasteiger partial charge in [-0.1, -0.05) is 29.8 Å². The van der Waals surface area contributed by atoms with Crippen LogP contribution in [0.1, 0.15) is 11.1 Å². The van der Waals surface area contributed by atoms with Gasteiger partial charge in [-0.15, -0.1) is 0 Å². The molecule has 7 nitrogen and oxygen atoms in total. The van der Waals surface area contributed by atoms with Crippen LogP contribution >= 0.6 is 15.9 Å². The van der Waals surface area contributed by atoms with E-state index in [2.05, 4.69) is 25.8 Å². The molecule has 0 amide bonds. The Balaban J connectivity index is 1.87. The van der Waals surface area contributed by atoms with Crippen LogP contribution in [0.2, 0.25) is 0 Å². The zero-order valence-corrected chi connectivity index (χ0v) is 18.0. The summed E-state index contributed by atoms with van der Waals surface area (Å²) in [6, 6.07) is 12.6. The number of hydrogen-bond acceptors (Lipinski definition) is 5. The zero-order valence-electron chi connectivity index (χ0n) is 15.6. The first-order valence-electron chi connectivity index (χ1n) is 8.35. The average Bonchev–Trinajstić information content (AvgIpc) is 3.01. The predicted octanol–water partition coefficient (Wildman–Crippen LogP) is 3.82. The van der Waals surface area contributed by atoms with E-state index in [1.54, 1.807) is 23.0 Å². The van der Waals surface area contributed by atoms with E-state index in [1.165, 1.54) is 25.8 Å². The minimum Gasteiger partial charge on any atom is -0.497 e. The van der Waals surface area contributed by atoms with Crippen LogP contribution < -0.4 is 14.2 Å². The van der Waals surface area contributed by atoms with Gasteiger partial charge in [-0.25, -0.2) is 8.42 Å². The highest BCUT2D eigenvalue weighted by Crippen LogP contribution is 2.31. The lowest BCUT2D eigenvalue weighted by atomic mass is 10.1. The molecule has 1 heterocycles.